The number of amides is 1. The van der Waals surface area contributed by atoms with Gasteiger partial charge in [-0.2, -0.15) is 0 Å². The first-order valence-electron chi connectivity index (χ1n) is 9.17. The van der Waals surface area contributed by atoms with E-state index in [0.717, 1.165) is 11.3 Å². The number of halogens is 1. The summed E-state index contributed by atoms with van der Waals surface area (Å²) in [7, 11) is 0. The Morgan fingerprint density at radius 3 is 2.67 bits per heavy atom. The van der Waals surface area contributed by atoms with Crippen molar-refractivity contribution in [2.24, 2.45) is 5.92 Å². The first kappa shape index (κ1) is 21.2. The van der Waals surface area contributed by atoms with Gasteiger partial charge in [0, 0.05) is 17.0 Å². The Kier molecular flexibility index (Phi) is 6.82. The Morgan fingerprint density at radius 1 is 1.37 bits per heavy atom. The predicted molar refractivity (Wildman–Crippen MR) is 109 cm³/mol. The molecule has 0 aliphatic carbocycles. The van der Waals surface area contributed by atoms with E-state index in [2.05, 4.69) is 50.9 Å². The van der Waals surface area contributed by atoms with Crippen molar-refractivity contribution in [2.45, 2.75) is 52.6 Å². The van der Waals surface area contributed by atoms with Crippen molar-refractivity contribution in [1.29, 1.82) is 0 Å². The molecule has 0 saturated heterocycles. The number of carbonyl (C=O) groups is 1. The Labute approximate surface area is 166 Å². The molecule has 148 valence electrons. The van der Waals surface area contributed by atoms with Gasteiger partial charge in [-0.05, 0) is 56.5 Å². The van der Waals surface area contributed by atoms with Crippen LogP contribution in [-0.4, -0.2) is 34.3 Å². The molecule has 0 spiro atoms. The van der Waals surface area contributed by atoms with E-state index in [9.17, 15) is 9.90 Å². The van der Waals surface area contributed by atoms with E-state index in [1.54, 1.807) is 6.08 Å². The second-order valence-electron chi connectivity index (χ2n) is 8.14. The Bertz CT molecular complexity index is 735. The summed E-state index contributed by atoms with van der Waals surface area (Å²) in [5, 5.41) is 12.4. The van der Waals surface area contributed by atoms with Gasteiger partial charge < -0.3 is 14.7 Å². The fourth-order valence-electron chi connectivity index (χ4n) is 3.18. The maximum Gasteiger partial charge on any atom is 0.410 e. The Balaban J connectivity index is 2.32. The lowest BCUT2D eigenvalue weighted by molar-refractivity contribution is 0.130. The summed E-state index contributed by atoms with van der Waals surface area (Å²) >= 11 is 6.23. The quantitative estimate of drug-likeness (QED) is 0.709. The molecular formula is C21H29ClN2O3. The second-order valence-corrected chi connectivity index (χ2v) is 8.57. The topological polar surface area (TPSA) is 61.8 Å². The van der Waals surface area contributed by atoms with Crippen molar-refractivity contribution in [3.05, 3.63) is 52.8 Å². The summed E-state index contributed by atoms with van der Waals surface area (Å²) < 4.78 is 5.98. The van der Waals surface area contributed by atoms with E-state index >= 15 is 0 Å². The minimum absolute atomic E-state index is 0.0308. The lowest BCUT2D eigenvalue weighted by atomic mass is 9.95. The van der Waals surface area contributed by atoms with Crippen molar-refractivity contribution in [1.82, 2.24) is 10.2 Å². The van der Waals surface area contributed by atoms with Crippen molar-refractivity contribution >= 4 is 17.7 Å². The molecule has 0 aromatic heterocycles. The zero-order chi connectivity index (χ0) is 20.2. The molecule has 0 bridgehead atoms. The van der Waals surface area contributed by atoms with E-state index in [-0.39, 0.29) is 11.6 Å². The fraction of sp³-hybridized carbons (Fsp3) is 0.476. The predicted octanol–water partition coefficient (Wildman–Crippen LogP) is 5.07. The third-order valence-electron chi connectivity index (χ3n) is 4.16. The van der Waals surface area contributed by atoms with Crippen molar-refractivity contribution in [3.63, 3.8) is 0 Å². The summed E-state index contributed by atoms with van der Waals surface area (Å²) in [4.78, 5) is 13.3. The van der Waals surface area contributed by atoms with Gasteiger partial charge in [0.25, 0.3) is 0 Å². The summed E-state index contributed by atoms with van der Waals surface area (Å²) in [6.07, 6.45) is 5.32. The van der Waals surface area contributed by atoms with E-state index in [4.69, 9.17) is 16.3 Å². The number of hydrogen-bond acceptors (Lipinski definition) is 3. The molecule has 1 aromatic rings. The van der Waals surface area contributed by atoms with Crippen LogP contribution in [0.25, 0.3) is 0 Å². The Morgan fingerprint density at radius 2 is 2.07 bits per heavy atom. The lowest BCUT2D eigenvalue weighted by Gasteiger charge is -2.45. The van der Waals surface area contributed by atoms with Gasteiger partial charge in [0.2, 0.25) is 0 Å². The zero-order valence-electron chi connectivity index (χ0n) is 16.6. The van der Waals surface area contributed by atoms with Crippen LogP contribution in [0.5, 0.6) is 5.75 Å². The number of benzene rings is 1. The molecule has 1 heterocycles. The number of allylic oxidation sites excluding steroid dienone is 2. The molecule has 0 fully saturated rings. The van der Waals surface area contributed by atoms with Crippen molar-refractivity contribution in [3.8, 4) is 5.75 Å². The Hall–Kier alpha value is -2.14. The highest BCUT2D eigenvalue weighted by Gasteiger charge is 2.32. The monoisotopic (exact) mass is 392 g/mol. The molecule has 5 nitrogen and oxygen atoms in total. The molecule has 2 rings (SSSR count). The van der Waals surface area contributed by atoms with Crippen LogP contribution < -0.4 is 10.1 Å². The van der Waals surface area contributed by atoms with Crippen LogP contribution in [0.15, 0.2) is 42.2 Å². The second kappa shape index (κ2) is 8.70. The number of carboxylic acid groups (broad SMARTS) is 1. The summed E-state index contributed by atoms with van der Waals surface area (Å²) in [5.41, 5.74) is 0.727. The largest absolute Gasteiger partial charge is 0.493 e. The molecule has 1 aromatic carbocycles. The van der Waals surface area contributed by atoms with Gasteiger partial charge in [0.05, 0.1) is 12.6 Å². The average molecular weight is 393 g/mol. The first-order chi connectivity index (χ1) is 12.6. The SMILES string of the molecule is CC(C)COc1ccc(Cl)cc1CC1C=CC=C(NC(=O)O)N1C(C)(C)C. The van der Waals surface area contributed by atoms with Gasteiger partial charge in [-0.3, -0.25) is 5.32 Å². The van der Waals surface area contributed by atoms with E-state index in [1.807, 2.05) is 24.3 Å². The van der Waals surface area contributed by atoms with Gasteiger partial charge in [0.15, 0.2) is 0 Å². The molecule has 1 unspecified atom stereocenters. The van der Waals surface area contributed by atoms with E-state index in [0.29, 0.717) is 29.8 Å². The third kappa shape index (κ3) is 5.93. The highest BCUT2D eigenvalue weighted by atomic mass is 35.5. The number of ether oxygens (including phenoxy) is 1. The normalized spacial score (nSPS) is 17.1. The van der Waals surface area contributed by atoms with Crippen LogP contribution in [0.4, 0.5) is 4.79 Å². The molecule has 1 aliphatic rings. The molecule has 0 radical (unpaired) electrons. The van der Waals surface area contributed by atoms with Crippen LogP contribution in [0.2, 0.25) is 5.02 Å². The molecule has 1 aliphatic heterocycles. The average Bonchev–Trinajstić information content (AvgIpc) is 2.52. The number of hydrogen-bond donors (Lipinski definition) is 2. The van der Waals surface area contributed by atoms with Crippen LogP contribution in [0.3, 0.4) is 0 Å². The standard InChI is InChI=1S/C21H29ClN2O3/c1-14(2)13-27-18-10-9-16(22)11-15(18)12-17-7-6-8-19(23-20(25)26)24(17)21(3,4)5/h6-11,14,17,23H,12-13H2,1-5H3,(H,25,26). The van der Waals surface area contributed by atoms with E-state index < -0.39 is 6.09 Å². The maximum absolute atomic E-state index is 11.2. The molecule has 1 amide bonds. The molecule has 27 heavy (non-hydrogen) atoms. The smallest absolute Gasteiger partial charge is 0.410 e. The highest BCUT2D eigenvalue weighted by Crippen LogP contribution is 2.31. The minimum atomic E-state index is -1.08. The molecule has 1 atom stereocenters. The molecule has 6 heteroatoms. The van der Waals surface area contributed by atoms with Gasteiger partial charge in [-0.25, -0.2) is 4.79 Å². The van der Waals surface area contributed by atoms with Crippen molar-refractivity contribution < 1.29 is 14.6 Å². The zero-order valence-corrected chi connectivity index (χ0v) is 17.4. The van der Waals surface area contributed by atoms with Crippen LogP contribution >= 0.6 is 11.6 Å². The maximum atomic E-state index is 11.2. The first-order valence-corrected chi connectivity index (χ1v) is 9.54. The van der Waals surface area contributed by atoms with Crippen LogP contribution in [0.1, 0.15) is 40.2 Å². The van der Waals surface area contributed by atoms with E-state index in [1.165, 1.54) is 0 Å². The molecule has 2 N–H and O–H groups in total. The van der Waals surface area contributed by atoms with Gasteiger partial charge in [-0.15, -0.1) is 0 Å². The number of rotatable bonds is 6. The van der Waals surface area contributed by atoms with Gasteiger partial charge >= 0.3 is 6.09 Å². The van der Waals surface area contributed by atoms with Gasteiger partial charge in [-0.1, -0.05) is 37.6 Å². The minimum Gasteiger partial charge on any atom is -0.493 e. The number of nitrogens with one attached hydrogen (secondary N) is 1. The van der Waals surface area contributed by atoms with Crippen LogP contribution in [0, 0.1) is 5.92 Å². The summed E-state index contributed by atoms with van der Waals surface area (Å²) in [6, 6.07) is 5.63. The van der Waals surface area contributed by atoms with Gasteiger partial charge in [0.1, 0.15) is 11.6 Å². The fourth-order valence-corrected chi connectivity index (χ4v) is 3.37. The van der Waals surface area contributed by atoms with Crippen molar-refractivity contribution in [2.75, 3.05) is 6.61 Å². The lowest BCUT2D eigenvalue weighted by Crippen LogP contribution is -2.52. The summed E-state index contributed by atoms with van der Waals surface area (Å²) in [6.45, 7) is 11.0. The van der Waals surface area contributed by atoms with Crippen LogP contribution in [-0.2, 0) is 6.42 Å². The summed E-state index contributed by atoms with van der Waals surface area (Å²) in [5.74, 6) is 1.80. The molecular weight excluding hydrogens is 364 g/mol. The highest BCUT2D eigenvalue weighted by molar-refractivity contribution is 6.30. The third-order valence-corrected chi connectivity index (χ3v) is 4.40. The molecule has 0 saturated carbocycles. The number of nitrogens with zero attached hydrogens (tertiary/aromatic N) is 1.